The molecule has 8 fully saturated rings. The van der Waals surface area contributed by atoms with Gasteiger partial charge in [-0.2, -0.15) is 17.2 Å². The highest BCUT2D eigenvalue weighted by atomic mass is 32.2. The van der Waals surface area contributed by atoms with Crippen molar-refractivity contribution in [2.24, 2.45) is 23.7 Å². The van der Waals surface area contributed by atoms with Gasteiger partial charge in [0.2, 0.25) is 17.4 Å². The van der Waals surface area contributed by atoms with E-state index in [1.54, 1.807) is 6.07 Å². The van der Waals surface area contributed by atoms with E-state index < -0.39 is 66.1 Å². The molecule has 2 aromatic rings. The molecule has 8 saturated carbocycles. The first-order chi connectivity index (χ1) is 20.1. The molecule has 8 bridgehead atoms. The first-order valence-corrected chi connectivity index (χ1v) is 16.7. The van der Waals surface area contributed by atoms with Gasteiger partial charge in [-0.15, -0.1) is 0 Å². The van der Waals surface area contributed by atoms with Crippen molar-refractivity contribution in [3.8, 4) is 11.5 Å². The molecule has 10 rings (SSSR count). The highest BCUT2D eigenvalue weighted by molar-refractivity contribution is 7.85. The normalized spacial score (nSPS) is 40.8. The van der Waals surface area contributed by atoms with Crippen LogP contribution in [0.4, 0.5) is 17.6 Å². The molecule has 3 N–H and O–H groups in total. The number of halogens is 4. The maximum absolute atomic E-state index is 15.3. The van der Waals surface area contributed by atoms with E-state index in [2.05, 4.69) is 0 Å². The molecule has 0 aromatic heterocycles. The van der Waals surface area contributed by atoms with Crippen LogP contribution in [0.15, 0.2) is 23.1 Å². The zero-order valence-electron chi connectivity index (χ0n) is 23.5. The van der Waals surface area contributed by atoms with Crippen LogP contribution in [-0.2, 0) is 20.9 Å². The number of benzene rings is 2. The molecule has 0 aliphatic heterocycles. The number of hydrogen-bond donors (Lipinski definition) is 3. The van der Waals surface area contributed by atoms with Gasteiger partial charge >= 0.3 is 10.1 Å². The Morgan fingerprint density at radius 3 is 1.63 bits per heavy atom. The summed E-state index contributed by atoms with van der Waals surface area (Å²) in [5.41, 5.74) is -1.23. The molecule has 43 heavy (non-hydrogen) atoms. The molecule has 0 saturated heterocycles. The van der Waals surface area contributed by atoms with Gasteiger partial charge in [-0.1, -0.05) is 12.1 Å². The van der Waals surface area contributed by atoms with Gasteiger partial charge < -0.3 is 14.9 Å². The fourth-order valence-corrected chi connectivity index (χ4v) is 12.1. The molecular weight excluding hydrogens is 588 g/mol. The van der Waals surface area contributed by atoms with E-state index >= 15 is 8.78 Å². The third-order valence-corrected chi connectivity index (χ3v) is 12.8. The molecule has 0 radical (unpaired) electrons. The SMILES string of the molecule is O=S(=O)(O)c1c(F)c(F)c(Oc2cc(C34CC5CC(CC(O)(C5)C3)C4)ccc2C23CC4CC(CC(O)(C4)C2)C3)c(F)c1F. The number of aliphatic hydroxyl groups is 2. The monoisotopic (exact) mass is 622 g/mol. The summed E-state index contributed by atoms with van der Waals surface area (Å²) in [5, 5.41) is 22.8. The molecule has 8 aliphatic rings. The Kier molecular flexibility index (Phi) is 5.74. The van der Waals surface area contributed by atoms with Gasteiger partial charge in [0.1, 0.15) is 5.75 Å². The molecule has 0 heterocycles. The average molecular weight is 623 g/mol. The van der Waals surface area contributed by atoms with Gasteiger partial charge in [0.05, 0.1) is 11.2 Å². The molecule has 0 amide bonds. The fraction of sp³-hybridized carbons (Fsp3) is 0.625. The predicted octanol–water partition coefficient (Wildman–Crippen LogP) is 6.45. The lowest BCUT2D eigenvalue weighted by Gasteiger charge is -2.61. The third kappa shape index (κ3) is 4.17. The highest BCUT2D eigenvalue weighted by Crippen LogP contribution is 2.65. The van der Waals surface area contributed by atoms with E-state index in [0.717, 1.165) is 56.9 Å². The Balaban J connectivity index is 1.29. The van der Waals surface area contributed by atoms with Gasteiger partial charge in [-0.05, 0) is 118 Å². The zero-order valence-corrected chi connectivity index (χ0v) is 24.3. The van der Waals surface area contributed by atoms with Crippen molar-refractivity contribution in [1.82, 2.24) is 0 Å². The van der Waals surface area contributed by atoms with Gasteiger partial charge in [-0.25, -0.2) is 8.78 Å². The van der Waals surface area contributed by atoms with Crippen molar-refractivity contribution in [2.75, 3.05) is 0 Å². The van der Waals surface area contributed by atoms with Crippen LogP contribution in [0.2, 0.25) is 0 Å². The molecular formula is C32H34F4O6S. The standard InChI is InChI=1S/C32H34F4O6S/c33-23-25(35)28(43(39,40)41)26(36)24(34)27(23)42-22-5-20(29-6-16-3-17(7-29)11-31(37,10-16)14-29)1-2-21(22)30-8-18-4-19(9-30)13-32(38,12-18)15-30/h1-2,5,16-19,37-38H,3-4,6-15H2,(H,39,40,41). The minimum Gasteiger partial charge on any atom is -0.451 e. The quantitative estimate of drug-likeness (QED) is 0.201. The summed E-state index contributed by atoms with van der Waals surface area (Å²) in [7, 11) is -5.62. The number of ether oxygens (including phenoxy) is 1. The predicted molar refractivity (Wildman–Crippen MR) is 145 cm³/mol. The summed E-state index contributed by atoms with van der Waals surface area (Å²) < 4.78 is 98.3. The Hall–Kier alpha value is -2.21. The lowest BCUT2D eigenvalue weighted by Crippen LogP contribution is -2.58. The van der Waals surface area contributed by atoms with E-state index in [0.29, 0.717) is 43.1 Å². The molecule has 4 unspecified atom stereocenters. The molecule has 2 aromatic carbocycles. The first-order valence-electron chi connectivity index (χ1n) is 15.2. The highest BCUT2D eigenvalue weighted by Gasteiger charge is 2.60. The van der Waals surface area contributed by atoms with E-state index in [4.69, 9.17) is 4.74 Å². The number of hydrogen-bond acceptors (Lipinski definition) is 5. The van der Waals surface area contributed by atoms with Gasteiger partial charge in [0, 0.05) is 11.0 Å². The van der Waals surface area contributed by atoms with Crippen LogP contribution in [0.5, 0.6) is 11.5 Å². The second kappa shape index (κ2) is 8.73. The van der Waals surface area contributed by atoms with Gasteiger partial charge in [-0.3, -0.25) is 4.55 Å². The second-order valence-corrected chi connectivity index (χ2v) is 16.5. The lowest BCUT2D eigenvalue weighted by atomic mass is 9.45. The van der Waals surface area contributed by atoms with Crippen molar-refractivity contribution in [3.05, 3.63) is 52.6 Å². The summed E-state index contributed by atoms with van der Waals surface area (Å²) in [4.78, 5) is -2.12. The van der Waals surface area contributed by atoms with Gasteiger partial charge in [0.15, 0.2) is 16.5 Å². The summed E-state index contributed by atoms with van der Waals surface area (Å²) in [5.74, 6) is -8.93. The van der Waals surface area contributed by atoms with Crippen LogP contribution >= 0.6 is 0 Å². The van der Waals surface area contributed by atoms with Crippen molar-refractivity contribution in [3.63, 3.8) is 0 Å². The van der Waals surface area contributed by atoms with E-state index in [9.17, 15) is 32.0 Å². The Morgan fingerprint density at radius 1 is 0.698 bits per heavy atom. The maximum Gasteiger partial charge on any atom is 0.300 e. The van der Waals surface area contributed by atoms with Crippen molar-refractivity contribution < 1.29 is 45.5 Å². The minimum atomic E-state index is -5.62. The lowest BCUT2D eigenvalue weighted by molar-refractivity contribution is -0.138. The van der Waals surface area contributed by atoms with Crippen molar-refractivity contribution >= 4 is 10.1 Å². The summed E-state index contributed by atoms with van der Waals surface area (Å²) in [6.45, 7) is 0. The Labute approximate surface area is 247 Å². The van der Waals surface area contributed by atoms with Gasteiger partial charge in [0.25, 0.3) is 0 Å². The molecule has 232 valence electrons. The Morgan fingerprint density at radius 2 is 1.16 bits per heavy atom. The first kappa shape index (κ1) is 28.3. The average Bonchev–Trinajstić information content (AvgIpc) is 2.86. The van der Waals surface area contributed by atoms with Crippen LogP contribution in [-0.4, -0.2) is 34.4 Å². The largest absolute Gasteiger partial charge is 0.451 e. The van der Waals surface area contributed by atoms with Crippen molar-refractivity contribution in [2.45, 2.75) is 104 Å². The topological polar surface area (TPSA) is 104 Å². The minimum absolute atomic E-state index is 0.00184. The van der Waals surface area contributed by atoms with E-state index in [1.807, 2.05) is 12.1 Å². The van der Waals surface area contributed by atoms with E-state index in [1.165, 1.54) is 0 Å². The van der Waals surface area contributed by atoms with Crippen LogP contribution in [0.25, 0.3) is 0 Å². The van der Waals surface area contributed by atoms with Crippen LogP contribution < -0.4 is 4.74 Å². The summed E-state index contributed by atoms with van der Waals surface area (Å²) in [6, 6.07) is 5.52. The smallest absolute Gasteiger partial charge is 0.300 e. The maximum atomic E-state index is 15.3. The molecule has 8 aliphatic carbocycles. The summed E-state index contributed by atoms with van der Waals surface area (Å²) >= 11 is 0. The van der Waals surface area contributed by atoms with E-state index in [-0.39, 0.29) is 17.6 Å². The van der Waals surface area contributed by atoms with Crippen LogP contribution in [0.1, 0.15) is 88.2 Å². The number of rotatable bonds is 5. The second-order valence-electron chi connectivity index (χ2n) is 15.1. The fourth-order valence-electron chi connectivity index (χ4n) is 11.5. The third-order valence-electron chi connectivity index (χ3n) is 11.9. The van der Waals surface area contributed by atoms with Crippen molar-refractivity contribution in [1.29, 1.82) is 0 Å². The Bertz CT molecular complexity index is 1620. The van der Waals surface area contributed by atoms with Crippen LogP contribution in [0.3, 0.4) is 0 Å². The zero-order chi connectivity index (χ0) is 30.3. The molecule has 4 atom stereocenters. The molecule has 6 nitrogen and oxygen atoms in total. The molecule has 11 heteroatoms. The van der Waals surface area contributed by atoms with Crippen LogP contribution in [0, 0.1) is 46.9 Å². The summed E-state index contributed by atoms with van der Waals surface area (Å²) in [6.07, 6.45) is 8.98. The molecule has 0 spiro atoms.